The van der Waals surface area contributed by atoms with E-state index in [4.69, 9.17) is 4.74 Å². The number of nitrogens with one attached hydrogen (secondary N) is 1. The van der Waals surface area contributed by atoms with Gasteiger partial charge in [-0.15, -0.1) is 0 Å². The number of aromatic nitrogens is 2. The molecule has 0 saturated heterocycles. The van der Waals surface area contributed by atoms with Crippen molar-refractivity contribution in [2.24, 2.45) is 0 Å². The number of rotatable bonds is 6. The lowest BCUT2D eigenvalue weighted by molar-refractivity contribution is -0.122. The number of ether oxygens (including phenoxy) is 1. The predicted octanol–water partition coefficient (Wildman–Crippen LogP) is 1.68. The number of imidazole rings is 1. The number of aryl methyl sites for hydroxylation is 1. The maximum absolute atomic E-state index is 12.2. The number of nitrogens with zero attached hydrogens (tertiary/aromatic N) is 3. The highest BCUT2D eigenvalue weighted by Gasteiger charge is 2.21. The van der Waals surface area contributed by atoms with Crippen molar-refractivity contribution >= 4 is 5.91 Å². The van der Waals surface area contributed by atoms with E-state index < -0.39 is 0 Å². The molecule has 0 fully saturated rings. The van der Waals surface area contributed by atoms with Crippen LogP contribution in [0.5, 0.6) is 5.75 Å². The normalized spacial score (nSPS) is 14.2. The zero-order valence-electron chi connectivity index (χ0n) is 15.2. The highest BCUT2D eigenvalue weighted by atomic mass is 16.5. The number of benzene rings is 1. The number of fused-ring (bicyclic) bond motifs is 1. The Kier molecular flexibility index (Phi) is 5.38. The van der Waals surface area contributed by atoms with Crippen LogP contribution in [0.3, 0.4) is 0 Å². The van der Waals surface area contributed by atoms with E-state index in [2.05, 4.69) is 26.7 Å². The lowest BCUT2D eigenvalue weighted by Crippen LogP contribution is -2.42. The summed E-state index contributed by atoms with van der Waals surface area (Å²) in [5.74, 6) is 1.98. The van der Waals surface area contributed by atoms with E-state index in [0.717, 1.165) is 48.9 Å². The molecule has 25 heavy (non-hydrogen) atoms. The van der Waals surface area contributed by atoms with Crippen molar-refractivity contribution in [3.8, 4) is 5.75 Å². The number of hydrogen-bond acceptors (Lipinski definition) is 4. The molecule has 6 nitrogen and oxygen atoms in total. The molecule has 1 aliphatic heterocycles. The SMILES string of the molecule is COc1ccccc1CCNC(=O)CN1CCn2c(nc(C)c2C)C1. The van der Waals surface area contributed by atoms with Gasteiger partial charge in [-0.3, -0.25) is 9.69 Å². The minimum atomic E-state index is 0.0587. The summed E-state index contributed by atoms with van der Waals surface area (Å²) < 4.78 is 7.59. The highest BCUT2D eigenvalue weighted by molar-refractivity contribution is 5.78. The molecule has 6 heteroatoms. The van der Waals surface area contributed by atoms with Crippen molar-refractivity contribution in [3.05, 3.63) is 47.0 Å². The Morgan fingerprint density at radius 2 is 2.08 bits per heavy atom. The van der Waals surface area contributed by atoms with Crippen LogP contribution in [-0.4, -0.2) is 47.1 Å². The fourth-order valence-electron chi connectivity index (χ4n) is 3.30. The molecular formula is C19H26N4O2. The second-order valence-electron chi connectivity index (χ2n) is 6.47. The minimum absolute atomic E-state index is 0.0587. The molecule has 1 amide bonds. The smallest absolute Gasteiger partial charge is 0.234 e. The van der Waals surface area contributed by atoms with Gasteiger partial charge in [0, 0.05) is 25.3 Å². The summed E-state index contributed by atoms with van der Waals surface area (Å²) in [4.78, 5) is 19.0. The molecule has 0 aliphatic carbocycles. The third-order valence-corrected chi connectivity index (χ3v) is 4.82. The topological polar surface area (TPSA) is 59.4 Å². The van der Waals surface area contributed by atoms with E-state index in [-0.39, 0.29) is 5.91 Å². The van der Waals surface area contributed by atoms with Crippen molar-refractivity contribution in [1.29, 1.82) is 0 Å². The molecule has 0 atom stereocenters. The molecule has 134 valence electrons. The van der Waals surface area contributed by atoms with Gasteiger partial charge in [0.2, 0.25) is 5.91 Å². The van der Waals surface area contributed by atoms with E-state index >= 15 is 0 Å². The molecule has 0 unspecified atom stereocenters. The summed E-state index contributed by atoms with van der Waals surface area (Å²) in [6.45, 7) is 7.67. The van der Waals surface area contributed by atoms with Gasteiger partial charge in [0.25, 0.3) is 0 Å². The van der Waals surface area contributed by atoms with E-state index in [9.17, 15) is 4.79 Å². The van der Waals surface area contributed by atoms with Gasteiger partial charge in [0.1, 0.15) is 11.6 Å². The Morgan fingerprint density at radius 1 is 1.28 bits per heavy atom. The number of carbonyl (C=O) groups excluding carboxylic acids is 1. The van der Waals surface area contributed by atoms with Crippen LogP contribution >= 0.6 is 0 Å². The Hall–Kier alpha value is -2.34. The van der Waals surface area contributed by atoms with Gasteiger partial charge >= 0.3 is 0 Å². The predicted molar refractivity (Wildman–Crippen MR) is 96.7 cm³/mol. The van der Waals surface area contributed by atoms with Crippen LogP contribution in [0.1, 0.15) is 22.8 Å². The van der Waals surface area contributed by atoms with Gasteiger partial charge < -0.3 is 14.6 Å². The van der Waals surface area contributed by atoms with Gasteiger partial charge in [-0.05, 0) is 31.9 Å². The van der Waals surface area contributed by atoms with E-state index in [1.54, 1.807) is 7.11 Å². The maximum Gasteiger partial charge on any atom is 0.234 e. The van der Waals surface area contributed by atoms with Gasteiger partial charge in [0.15, 0.2) is 0 Å². The molecule has 0 bridgehead atoms. The van der Waals surface area contributed by atoms with E-state index in [1.807, 2.05) is 31.2 Å². The second-order valence-corrected chi connectivity index (χ2v) is 6.47. The molecule has 1 aromatic carbocycles. The van der Waals surface area contributed by atoms with Crippen molar-refractivity contribution in [1.82, 2.24) is 19.8 Å². The number of para-hydroxylation sites is 1. The summed E-state index contributed by atoms with van der Waals surface area (Å²) in [7, 11) is 1.67. The van der Waals surface area contributed by atoms with Crippen LogP contribution in [0.15, 0.2) is 24.3 Å². The van der Waals surface area contributed by atoms with E-state index in [0.29, 0.717) is 13.1 Å². The largest absolute Gasteiger partial charge is 0.496 e. The molecule has 0 radical (unpaired) electrons. The Morgan fingerprint density at radius 3 is 2.88 bits per heavy atom. The third kappa shape index (κ3) is 4.02. The first-order chi connectivity index (χ1) is 12.1. The molecule has 1 N–H and O–H groups in total. The molecule has 2 heterocycles. The zero-order chi connectivity index (χ0) is 17.8. The number of amides is 1. The Balaban J connectivity index is 1.47. The molecule has 1 aliphatic rings. The highest BCUT2D eigenvalue weighted by Crippen LogP contribution is 2.18. The number of methoxy groups -OCH3 is 1. The zero-order valence-corrected chi connectivity index (χ0v) is 15.2. The van der Waals surface area contributed by atoms with Crippen LogP contribution in [0.4, 0.5) is 0 Å². The summed E-state index contributed by atoms with van der Waals surface area (Å²) in [5.41, 5.74) is 3.42. The van der Waals surface area contributed by atoms with Crippen molar-refractivity contribution in [2.45, 2.75) is 33.4 Å². The van der Waals surface area contributed by atoms with Gasteiger partial charge in [-0.25, -0.2) is 4.98 Å². The monoisotopic (exact) mass is 342 g/mol. The quantitative estimate of drug-likeness (QED) is 0.868. The Bertz CT molecular complexity index is 754. The molecular weight excluding hydrogens is 316 g/mol. The van der Waals surface area contributed by atoms with Crippen molar-refractivity contribution < 1.29 is 9.53 Å². The summed E-state index contributed by atoms with van der Waals surface area (Å²) in [5, 5.41) is 3.01. The van der Waals surface area contributed by atoms with Crippen LogP contribution in [0, 0.1) is 13.8 Å². The summed E-state index contributed by atoms with van der Waals surface area (Å²) >= 11 is 0. The molecule has 3 rings (SSSR count). The lowest BCUT2D eigenvalue weighted by atomic mass is 10.1. The number of carbonyl (C=O) groups is 1. The van der Waals surface area contributed by atoms with Gasteiger partial charge in [0.05, 0.1) is 25.9 Å². The van der Waals surface area contributed by atoms with Crippen LogP contribution in [0.25, 0.3) is 0 Å². The molecule has 1 aromatic heterocycles. The van der Waals surface area contributed by atoms with E-state index in [1.165, 1.54) is 5.69 Å². The Labute approximate surface area is 148 Å². The van der Waals surface area contributed by atoms with Crippen molar-refractivity contribution in [2.75, 3.05) is 26.7 Å². The first-order valence-electron chi connectivity index (χ1n) is 8.72. The molecule has 0 spiro atoms. The standard InChI is InChI=1S/C19H26N4O2/c1-14-15(2)23-11-10-22(12-18(23)21-14)13-19(24)20-9-8-16-6-4-5-7-17(16)25-3/h4-7H,8-13H2,1-3H3,(H,20,24). The van der Waals surface area contributed by atoms with Gasteiger partial charge in [-0.1, -0.05) is 18.2 Å². The van der Waals surface area contributed by atoms with Gasteiger partial charge in [-0.2, -0.15) is 0 Å². The first kappa shape index (κ1) is 17.5. The minimum Gasteiger partial charge on any atom is -0.496 e. The average molecular weight is 342 g/mol. The maximum atomic E-state index is 12.2. The fourth-order valence-corrected chi connectivity index (χ4v) is 3.30. The molecule has 2 aromatic rings. The van der Waals surface area contributed by atoms with Crippen LogP contribution < -0.4 is 10.1 Å². The summed E-state index contributed by atoms with van der Waals surface area (Å²) in [6, 6.07) is 7.90. The number of hydrogen-bond donors (Lipinski definition) is 1. The lowest BCUT2D eigenvalue weighted by Gasteiger charge is -2.27. The first-order valence-corrected chi connectivity index (χ1v) is 8.72. The fraction of sp³-hybridized carbons (Fsp3) is 0.474. The third-order valence-electron chi connectivity index (χ3n) is 4.82. The summed E-state index contributed by atoms with van der Waals surface area (Å²) in [6.07, 6.45) is 0.762. The van der Waals surface area contributed by atoms with Crippen LogP contribution in [0.2, 0.25) is 0 Å². The molecule has 0 saturated carbocycles. The van der Waals surface area contributed by atoms with Crippen LogP contribution in [-0.2, 0) is 24.3 Å². The van der Waals surface area contributed by atoms with Crippen molar-refractivity contribution in [3.63, 3.8) is 0 Å². The average Bonchev–Trinajstić information content (AvgIpc) is 2.89. The second kappa shape index (κ2) is 7.70.